The first-order chi connectivity index (χ1) is 16.3. The van der Waals surface area contributed by atoms with Crippen LogP contribution in [0.1, 0.15) is 168 Å². The van der Waals surface area contributed by atoms with Crippen LogP contribution in [0.15, 0.2) is 12.4 Å². The Labute approximate surface area is 210 Å². The normalized spacial score (nSPS) is 15.8. The molecule has 0 fully saturated rings. The molecule has 1 rings (SSSR count). The lowest BCUT2D eigenvalue weighted by atomic mass is 10.0. The van der Waals surface area contributed by atoms with Crippen molar-refractivity contribution < 1.29 is 0 Å². The monoisotopic (exact) mass is 462 g/mol. The molecule has 0 radical (unpaired) electrons. The summed E-state index contributed by atoms with van der Waals surface area (Å²) in [6.45, 7) is 9.31. The number of hydrogen-bond donors (Lipinski definition) is 0. The maximum Gasteiger partial charge on any atom is 0.101 e. The molecule has 0 aromatic carbocycles. The van der Waals surface area contributed by atoms with Crippen molar-refractivity contribution in [3.8, 4) is 0 Å². The number of nitrogens with zero attached hydrogens (tertiary/aromatic N) is 2. The first kappa shape index (κ1) is 30.4. The van der Waals surface area contributed by atoms with Gasteiger partial charge in [0.05, 0.1) is 0 Å². The maximum atomic E-state index is 2.63. The second-order valence-electron chi connectivity index (χ2n) is 10.7. The first-order valence-corrected chi connectivity index (χ1v) is 15.5. The molecule has 196 valence electrons. The highest BCUT2D eigenvalue weighted by molar-refractivity contribution is 4.96. The summed E-state index contributed by atoms with van der Waals surface area (Å²) in [7, 11) is 0. The Hall–Kier alpha value is -0.660. The summed E-state index contributed by atoms with van der Waals surface area (Å²) >= 11 is 0. The van der Waals surface area contributed by atoms with Gasteiger partial charge in [-0.1, -0.05) is 142 Å². The zero-order valence-corrected chi connectivity index (χ0v) is 23.3. The first-order valence-electron chi connectivity index (χ1n) is 15.5. The summed E-state index contributed by atoms with van der Waals surface area (Å²) in [5.74, 6) is 0. The van der Waals surface area contributed by atoms with Crippen molar-refractivity contribution in [3.05, 3.63) is 12.4 Å². The van der Waals surface area contributed by atoms with Gasteiger partial charge in [0.2, 0.25) is 0 Å². The van der Waals surface area contributed by atoms with Gasteiger partial charge in [0, 0.05) is 25.5 Å². The molecular formula is C31H62N2. The van der Waals surface area contributed by atoms with Gasteiger partial charge >= 0.3 is 0 Å². The van der Waals surface area contributed by atoms with Crippen molar-refractivity contribution in [1.29, 1.82) is 0 Å². The van der Waals surface area contributed by atoms with Gasteiger partial charge < -0.3 is 9.80 Å². The zero-order chi connectivity index (χ0) is 23.8. The Morgan fingerprint density at radius 3 is 1.21 bits per heavy atom. The van der Waals surface area contributed by atoms with Crippen LogP contribution in [-0.4, -0.2) is 29.1 Å². The molecule has 0 aliphatic carbocycles. The van der Waals surface area contributed by atoms with Crippen molar-refractivity contribution in [1.82, 2.24) is 9.80 Å². The fraction of sp³-hybridized carbons (Fsp3) is 0.935. The molecule has 2 heteroatoms. The van der Waals surface area contributed by atoms with E-state index in [1.54, 1.807) is 0 Å². The van der Waals surface area contributed by atoms with Crippen LogP contribution in [0.2, 0.25) is 0 Å². The van der Waals surface area contributed by atoms with Crippen LogP contribution in [0.25, 0.3) is 0 Å². The Kier molecular flexibility index (Phi) is 21.3. The standard InChI is InChI=1S/C31H62N2/c1-4-7-9-11-13-14-15-16-17-18-19-20-21-22-23-25-27-31-32(6-3)29-30-33(31)28-26-24-12-10-8-5-2/h29-31H,4-28H2,1-3H3. The van der Waals surface area contributed by atoms with Gasteiger partial charge in [0.25, 0.3) is 0 Å². The lowest BCUT2D eigenvalue weighted by Crippen LogP contribution is -2.38. The molecule has 0 saturated heterocycles. The Bertz CT molecular complexity index is 419. The highest BCUT2D eigenvalue weighted by Crippen LogP contribution is 2.22. The molecule has 1 aliphatic rings. The lowest BCUT2D eigenvalue weighted by Gasteiger charge is -2.32. The number of rotatable bonds is 25. The summed E-state index contributed by atoms with van der Waals surface area (Å²) in [5, 5.41) is 0. The summed E-state index contributed by atoms with van der Waals surface area (Å²) in [5.41, 5.74) is 0. The molecule has 0 aromatic rings. The van der Waals surface area contributed by atoms with Gasteiger partial charge in [-0.05, 0) is 26.2 Å². The highest BCUT2D eigenvalue weighted by atomic mass is 15.4. The van der Waals surface area contributed by atoms with E-state index in [1.165, 1.54) is 154 Å². The molecule has 2 nitrogen and oxygen atoms in total. The van der Waals surface area contributed by atoms with Gasteiger partial charge in [-0.25, -0.2) is 0 Å². The molecule has 33 heavy (non-hydrogen) atoms. The van der Waals surface area contributed by atoms with Crippen molar-refractivity contribution in [2.24, 2.45) is 0 Å². The second kappa shape index (κ2) is 23.1. The minimum absolute atomic E-state index is 0.636. The molecule has 0 aromatic heterocycles. The van der Waals surface area contributed by atoms with E-state index in [0.717, 1.165) is 6.54 Å². The van der Waals surface area contributed by atoms with Gasteiger partial charge in [0.15, 0.2) is 0 Å². The van der Waals surface area contributed by atoms with Crippen LogP contribution in [0.3, 0.4) is 0 Å². The number of unbranched alkanes of at least 4 members (excludes halogenated alkanes) is 20. The molecule has 1 heterocycles. The molecule has 0 bridgehead atoms. The van der Waals surface area contributed by atoms with Crippen LogP contribution >= 0.6 is 0 Å². The van der Waals surface area contributed by atoms with E-state index in [-0.39, 0.29) is 0 Å². The molecule has 0 N–H and O–H groups in total. The Morgan fingerprint density at radius 1 is 0.424 bits per heavy atom. The summed E-state index contributed by atoms with van der Waals surface area (Å²) in [4.78, 5) is 5.19. The van der Waals surface area contributed by atoms with Crippen LogP contribution in [-0.2, 0) is 0 Å². The molecule has 1 unspecified atom stereocenters. The highest BCUT2D eigenvalue weighted by Gasteiger charge is 2.23. The van der Waals surface area contributed by atoms with Gasteiger partial charge in [-0.15, -0.1) is 0 Å². The van der Waals surface area contributed by atoms with E-state index in [4.69, 9.17) is 0 Å². The molecule has 1 aliphatic heterocycles. The minimum atomic E-state index is 0.636. The lowest BCUT2D eigenvalue weighted by molar-refractivity contribution is 0.142. The predicted octanol–water partition coefficient (Wildman–Crippen LogP) is 10.4. The Morgan fingerprint density at radius 2 is 0.788 bits per heavy atom. The fourth-order valence-corrected chi connectivity index (χ4v) is 5.38. The van der Waals surface area contributed by atoms with E-state index in [2.05, 4.69) is 43.0 Å². The van der Waals surface area contributed by atoms with Crippen LogP contribution in [0.5, 0.6) is 0 Å². The zero-order valence-electron chi connectivity index (χ0n) is 23.3. The predicted molar refractivity (Wildman–Crippen MR) is 150 cm³/mol. The Balaban J connectivity index is 1.93. The van der Waals surface area contributed by atoms with Crippen molar-refractivity contribution in [2.45, 2.75) is 175 Å². The summed E-state index contributed by atoms with van der Waals surface area (Å²) in [6.07, 6.45) is 38.3. The third-order valence-corrected chi connectivity index (χ3v) is 7.67. The molecule has 0 amide bonds. The molecule has 0 spiro atoms. The molecule has 1 atom stereocenters. The van der Waals surface area contributed by atoms with E-state index >= 15 is 0 Å². The topological polar surface area (TPSA) is 6.48 Å². The van der Waals surface area contributed by atoms with Crippen molar-refractivity contribution >= 4 is 0 Å². The van der Waals surface area contributed by atoms with Crippen LogP contribution in [0, 0.1) is 0 Å². The van der Waals surface area contributed by atoms with E-state index in [9.17, 15) is 0 Å². The smallest absolute Gasteiger partial charge is 0.101 e. The van der Waals surface area contributed by atoms with Crippen molar-refractivity contribution in [2.75, 3.05) is 13.1 Å². The SMILES string of the molecule is CCCCCCCCCCCCCCCCCCC1N(CC)C=CN1CCCCCCCC. The van der Waals surface area contributed by atoms with Gasteiger partial charge in [-0.3, -0.25) is 0 Å². The van der Waals surface area contributed by atoms with E-state index in [0.29, 0.717) is 6.17 Å². The van der Waals surface area contributed by atoms with E-state index in [1.807, 2.05) is 0 Å². The van der Waals surface area contributed by atoms with Gasteiger partial charge in [0.1, 0.15) is 6.17 Å². The quantitative estimate of drug-likeness (QED) is 0.124. The second-order valence-corrected chi connectivity index (χ2v) is 10.7. The maximum absolute atomic E-state index is 2.63. The van der Waals surface area contributed by atoms with E-state index < -0.39 is 0 Å². The minimum Gasteiger partial charge on any atom is -0.356 e. The third kappa shape index (κ3) is 16.6. The van der Waals surface area contributed by atoms with Crippen LogP contribution < -0.4 is 0 Å². The average Bonchev–Trinajstić information content (AvgIpc) is 3.22. The van der Waals surface area contributed by atoms with Crippen molar-refractivity contribution in [3.63, 3.8) is 0 Å². The fourth-order valence-electron chi connectivity index (χ4n) is 5.38. The molecular weight excluding hydrogens is 400 g/mol. The summed E-state index contributed by atoms with van der Waals surface area (Å²) in [6, 6.07) is 0. The molecule has 0 saturated carbocycles. The van der Waals surface area contributed by atoms with Gasteiger partial charge in [-0.2, -0.15) is 0 Å². The largest absolute Gasteiger partial charge is 0.356 e. The third-order valence-electron chi connectivity index (χ3n) is 7.67. The summed E-state index contributed by atoms with van der Waals surface area (Å²) < 4.78 is 0. The number of hydrogen-bond acceptors (Lipinski definition) is 2. The van der Waals surface area contributed by atoms with Crippen LogP contribution in [0.4, 0.5) is 0 Å². The average molecular weight is 463 g/mol.